The van der Waals surface area contributed by atoms with Gasteiger partial charge in [0.05, 0.1) is 11.6 Å². The van der Waals surface area contributed by atoms with Gasteiger partial charge in [0.15, 0.2) is 0 Å². The summed E-state index contributed by atoms with van der Waals surface area (Å²) < 4.78 is 13.8. The number of amides is 1. The van der Waals surface area contributed by atoms with Gasteiger partial charge >= 0.3 is 0 Å². The maximum Gasteiger partial charge on any atom is 0.254 e. The number of nitrogens with one attached hydrogen (secondary N) is 1. The number of carbonyl (C=O) groups excluding carboxylic acids is 1. The first-order chi connectivity index (χ1) is 10.0. The van der Waals surface area contributed by atoms with E-state index in [2.05, 4.69) is 5.32 Å². The third-order valence-electron chi connectivity index (χ3n) is 3.36. The first-order valence-corrected chi connectivity index (χ1v) is 7.21. The minimum absolute atomic E-state index is 0.0630. The molecule has 0 bridgehead atoms. The third kappa shape index (κ3) is 3.82. The van der Waals surface area contributed by atoms with Crippen LogP contribution < -0.4 is 5.32 Å². The molecule has 1 N–H and O–H groups in total. The second-order valence-electron chi connectivity index (χ2n) is 4.97. The molecule has 0 aliphatic carbocycles. The van der Waals surface area contributed by atoms with E-state index in [1.54, 1.807) is 25.1 Å². The Labute approximate surface area is 128 Å². The molecule has 4 heteroatoms. The van der Waals surface area contributed by atoms with Crippen LogP contribution in [0.3, 0.4) is 0 Å². The van der Waals surface area contributed by atoms with E-state index in [-0.39, 0.29) is 11.6 Å². The zero-order valence-corrected chi connectivity index (χ0v) is 12.7. The van der Waals surface area contributed by atoms with E-state index in [0.717, 1.165) is 11.1 Å². The van der Waals surface area contributed by atoms with Gasteiger partial charge in [-0.1, -0.05) is 36.7 Å². The van der Waals surface area contributed by atoms with Crippen molar-refractivity contribution in [3.63, 3.8) is 0 Å². The minimum atomic E-state index is -0.501. The summed E-state index contributed by atoms with van der Waals surface area (Å²) in [6.07, 6.45) is 0.709. The van der Waals surface area contributed by atoms with Crippen LogP contribution in [0.5, 0.6) is 0 Å². The van der Waals surface area contributed by atoms with Crippen LogP contribution in [0.1, 0.15) is 40.9 Å². The predicted octanol–water partition coefficient (Wildman–Crippen LogP) is 4.67. The summed E-state index contributed by atoms with van der Waals surface area (Å²) in [5, 5.41) is 3.50. The molecule has 0 saturated carbocycles. The second-order valence-corrected chi connectivity index (χ2v) is 5.41. The standard InChI is InChI=1S/C17H17ClFNO/c1-3-16(12-5-7-13(18)8-6-12)20-17(21)14-9-4-11(2)10-15(14)19/h4-10,16H,3H2,1-2H3,(H,20,21). The Balaban J connectivity index is 2.18. The average Bonchev–Trinajstić information content (AvgIpc) is 2.45. The SMILES string of the molecule is CCC(NC(=O)c1ccc(C)cc1F)c1ccc(Cl)cc1. The van der Waals surface area contributed by atoms with E-state index in [1.807, 2.05) is 19.1 Å². The van der Waals surface area contributed by atoms with Crippen LogP contribution in [0.25, 0.3) is 0 Å². The first-order valence-electron chi connectivity index (χ1n) is 6.83. The summed E-state index contributed by atoms with van der Waals surface area (Å²) in [5.41, 5.74) is 1.80. The molecule has 0 aliphatic heterocycles. The van der Waals surface area contributed by atoms with Crippen molar-refractivity contribution in [2.45, 2.75) is 26.3 Å². The van der Waals surface area contributed by atoms with E-state index in [1.165, 1.54) is 12.1 Å². The summed E-state index contributed by atoms with van der Waals surface area (Å²) >= 11 is 5.86. The molecule has 2 aromatic rings. The predicted molar refractivity (Wildman–Crippen MR) is 83.1 cm³/mol. The summed E-state index contributed by atoms with van der Waals surface area (Å²) in [5.74, 6) is -0.909. The number of hydrogen-bond acceptors (Lipinski definition) is 1. The highest BCUT2D eigenvalue weighted by atomic mass is 35.5. The highest BCUT2D eigenvalue weighted by Crippen LogP contribution is 2.20. The van der Waals surface area contributed by atoms with Gasteiger partial charge in [0.1, 0.15) is 5.82 Å². The molecular weight excluding hydrogens is 289 g/mol. The monoisotopic (exact) mass is 305 g/mol. The van der Waals surface area contributed by atoms with Crippen LogP contribution in [-0.4, -0.2) is 5.91 Å². The Kier molecular flexibility index (Phi) is 4.97. The fourth-order valence-electron chi connectivity index (χ4n) is 2.16. The van der Waals surface area contributed by atoms with Gasteiger partial charge in [-0.05, 0) is 48.7 Å². The summed E-state index contributed by atoms with van der Waals surface area (Å²) in [7, 11) is 0. The van der Waals surface area contributed by atoms with Crippen LogP contribution >= 0.6 is 11.6 Å². The lowest BCUT2D eigenvalue weighted by molar-refractivity contribution is 0.0931. The molecule has 21 heavy (non-hydrogen) atoms. The number of aryl methyl sites for hydroxylation is 1. The number of hydrogen-bond donors (Lipinski definition) is 1. The van der Waals surface area contributed by atoms with E-state index < -0.39 is 11.7 Å². The Morgan fingerprint density at radius 3 is 2.48 bits per heavy atom. The van der Waals surface area contributed by atoms with E-state index in [9.17, 15) is 9.18 Å². The smallest absolute Gasteiger partial charge is 0.254 e. The average molecular weight is 306 g/mol. The normalized spacial score (nSPS) is 12.0. The van der Waals surface area contributed by atoms with Gasteiger partial charge in [0, 0.05) is 5.02 Å². The molecule has 0 saturated heterocycles. The number of benzene rings is 2. The van der Waals surface area contributed by atoms with E-state index in [4.69, 9.17) is 11.6 Å². The first kappa shape index (κ1) is 15.5. The Morgan fingerprint density at radius 2 is 1.90 bits per heavy atom. The molecule has 1 amide bonds. The largest absolute Gasteiger partial charge is 0.345 e. The van der Waals surface area contributed by atoms with Crippen molar-refractivity contribution < 1.29 is 9.18 Å². The molecule has 1 atom stereocenters. The molecule has 0 heterocycles. The van der Waals surface area contributed by atoms with Gasteiger partial charge in [-0.2, -0.15) is 0 Å². The van der Waals surface area contributed by atoms with Gasteiger partial charge in [0.2, 0.25) is 0 Å². The van der Waals surface area contributed by atoms with Gasteiger partial charge in [-0.25, -0.2) is 4.39 Å². The maximum absolute atomic E-state index is 13.8. The lowest BCUT2D eigenvalue weighted by Crippen LogP contribution is -2.28. The quantitative estimate of drug-likeness (QED) is 0.874. The van der Waals surface area contributed by atoms with Crippen molar-refractivity contribution in [1.29, 1.82) is 0 Å². The Bertz CT molecular complexity index is 640. The zero-order valence-electron chi connectivity index (χ0n) is 12.0. The van der Waals surface area contributed by atoms with E-state index >= 15 is 0 Å². The topological polar surface area (TPSA) is 29.1 Å². The number of rotatable bonds is 4. The van der Waals surface area contributed by atoms with Crippen LogP contribution in [0.4, 0.5) is 4.39 Å². The zero-order chi connectivity index (χ0) is 15.4. The highest BCUT2D eigenvalue weighted by Gasteiger charge is 2.17. The molecule has 0 radical (unpaired) electrons. The Morgan fingerprint density at radius 1 is 1.24 bits per heavy atom. The Hall–Kier alpha value is -1.87. The van der Waals surface area contributed by atoms with E-state index in [0.29, 0.717) is 11.4 Å². The molecule has 2 rings (SSSR count). The summed E-state index contributed by atoms with van der Waals surface area (Å²) in [6, 6.07) is 11.7. The van der Waals surface area contributed by atoms with Crippen LogP contribution in [-0.2, 0) is 0 Å². The molecule has 0 spiro atoms. The van der Waals surface area contributed by atoms with Crippen molar-refractivity contribution in [2.75, 3.05) is 0 Å². The molecule has 1 unspecified atom stereocenters. The summed E-state index contributed by atoms with van der Waals surface area (Å²) in [6.45, 7) is 3.75. The molecule has 0 fully saturated rings. The van der Waals surface area contributed by atoms with Crippen molar-refractivity contribution in [2.24, 2.45) is 0 Å². The van der Waals surface area contributed by atoms with Gasteiger partial charge in [0.25, 0.3) is 5.91 Å². The lowest BCUT2D eigenvalue weighted by atomic mass is 10.0. The highest BCUT2D eigenvalue weighted by molar-refractivity contribution is 6.30. The van der Waals surface area contributed by atoms with Crippen molar-refractivity contribution >= 4 is 17.5 Å². The molecule has 0 aromatic heterocycles. The van der Waals surface area contributed by atoms with Gasteiger partial charge in [-0.3, -0.25) is 4.79 Å². The molecular formula is C17H17ClFNO. The van der Waals surface area contributed by atoms with Crippen molar-refractivity contribution in [3.05, 3.63) is 70.0 Å². The van der Waals surface area contributed by atoms with Crippen LogP contribution in [0, 0.1) is 12.7 Å². The van der Waals surface area contributed by atoms with Gasteiger partial charge < -0.3 is 5.32 Å². The fraction of sp³-hybridized carbons (Fsp3) is 0.235. The molecule has 2 nitrogen and oxygen atoms in total. The molecule has 110 valence electrons. The molecule has 0 aliphatic rings. The third-order valence-corrected chi connectivity index (χ3v) is 3.61. The second kappa shape index (κ2) is 6.72. The van der Waals surface area contributed by atoms with Crippen molar-refractivity contribution in [1.82, 2.24) is 5.32 Å². The minimum Gasteiger partial charge on any atom is -0.345 e. The maximum atomic E-state index is 13.8. The van der Waals surface area contributed by atoms with Crippen molar-refractivity contribution in [3.8, 4) is 0 Å². The summed E-state index contributed by atoms with van der Waals surface area (Å²) in [4.78, 5) is 12.2. The fourth-order valence-corrected chi connectivity index (χ4v) is 2.28. The van der Waals surface area contributed by atoms with Gasteiger partial charge in [-0.15, -0.1) is 0 Å². The number of carbonyl (C=O) groups is 1. The van der Waals surface area contributed by atoms with Crippen LogP contribution in [0.15, 0.2) is 42.5 Å². The number of halogens is 2. The molecule has 2 aromatic carbocycles. The van der Waals surface area contributed by atoms with Crippen LogP contribution in [0.2, 0.25) is 5.02 Å². The lowest BCUT2D eigenvalue weighted by Gasteiger charge is -2.18.